The molecule has 1 aromatic heterocycles. The number of thiophene rings is 1. The highest BCUT2D eigenvalue weighted by Gasteiger charge is 2.00. The van der Waals surface area contributed by atoms with E-state index in [-0.39, 0.29) is 0 Å². The van der Waals surface area contributed by atoms with E-state index in [1.165, 1.54) is 10.5 Å². The molecule has 1 aromatic rings. The lowest BCUT2D eigenvalue weighted by atomic mass is 10.2. The van der Waals surface area contributed by atoms with E-state index in [0.29, 0.717) is 0 Å². The van der Waals surface area contributed by atoms with Crippen molar-refractivity contribution in [1.82, 2.24) is 4.90 Å². The van der Waals surface area contributed by atoms with Gasteiger partial charge in [-0.05, 0) is 31.8 Å². The van der Waals surface area contributed by atoms with Crippen LogP contribution in [-0.2, 0) is 6.54 Å². The summed E-state index contributed by atoms with van der Waals surface area (Å²) in [6.07, 6.45) is 1.10. The Bertz CT molecular complexity index is 252. The normalized spacial score (nSPS) is 9.67. The molecule has 2 heteroatoms. The summed E-state index contributed by atoms with van der Waals surface area (Å²) in [4.78, 5) is 3.77. The number of hydrogen-bond donors (Lipinski definition) is 0. The summed E-state index contributed by atoms with van der Waals surface area (Å²) in [5.41, 5.74) is 1.26. The molecule has 0 atom stereocenters. The van der Waals surface area contributed by atoms with Crippen molar-refractivity contribution < 1.29 is 0 Å². The summed E-state index contributed by atoms with van der Waals surface area (Å²) in [6, 6.07) is 4.29. The predicted octanol–water partition coefficient (Wildman–Crippen LogP) is 4.17. The van der Waals surface area contributed by atoms with Crippen LogP contribution in [0.15, 0.2) is 29.7 Å². The van der Waals surface area contributed by atoms with Crippen LogP contribution >= 0.6 is 11.3 Å². The standard InChI is InChI=1S/C11H17NS.C2H6/c1-10(2)6-7-12(3)9-11-5-4-8-13-11;1-2/h4-5,8H,1,6-7,9H2,2-3H3;1-2H3. The fourth-order valence-corrected chi connectivity index (χ4v) is 1.91. The second-order valence-corrected chi connectivity index (χ2v) is 4.56. The van der Waals surface area contributed by atoms with Gasteiger partial charge in [0.2, 0.25) is 0 Å². The Balaban J connectivity index is 0.000000921. The molecule has 86 valence electrons. The molecular formula is C13H23NS. The number of hydrogen-bond acceptors (Lipinski definition) is 2. The van der Waals surface area contributed by atoms with Gasteiger partial charge in [-0.2, -0.15) is 0 Å². The van der Waals surface area contributed by atoms with E-state index in [4.69, 9.17) is 0 Å². The second kappa shape index (κ2) is 8.69. The van der Waals surface area contributed by atoms with Gasteiger partial charge in [0, 0.05) is 18.0 Å². The third kappa shape index (κ3) is 7.34. The van der Waals surface area contributed by atoms with E-state index < -0.39 is 0 Å². The minimum atomic E-state index is 1.06. The Morgan fingerprint density at radius 3 is 2.60 bits per heavy atom. The van der Waals surface area contributed by atoms with Crippen molar-refractivity contribution in [2.24, 2.45) is 0 Å². The summed E-state index contributed by atoms with van der Waals surface area (Å²) in [5, 5.41) is 2.13. The Labute approximate surface area is 98.4 Å². The van der Waals surface area contributed by atoms with Gasteiger partial charge in [0.25, 0.3) is 0 Å². The molecule has 0 unspecified atom stereocenters. The van der Waals surface area contributed by atoms with Crippen molar-refractivity contribution in [3.8, 4) is 0 Å². The van der Waals surface area contributed by atoms with Gasteiger partial charge in [-0.1, -0.05) is 25.5 Å². The highest BCUT2D eigenvalue weighted by molar-refractivity contribution is 7.09. The van der Waals surface area contributed by atoms with E-state index in [1.54, 1.807) is 0 Å². The van der Waals surface area contributed by atoms with Gasteiger partial charge in [0.05, 0.1) is 0 Å². The molecule has 0 fully saturated rings. The second-order valence-electron chi connectivity index (χ2n) is 3.52. The van der Waals surface area contributed by atoms with E-state index in [0.717, 1.165) is 19.5 Å². The SMILES string of the molecule is C=C(C)CCN(C)Cc1cccs1.CC. The molecule has 0 spiro atoms. The molecule has 15 heavy (non-hydrogen) atoms. The lowest BCUT2D eigenvalue weighted by molar-refractivity contribution is 0.334. The molecule has 0 saturated heterocycles. The van der Waals surface area contributed by atoms with Crippen LogP contribution in [-0.4, -0.2) is 18.5 Å². The molecular weight excluding hydrogens is 202 g/mol. The van der Waals surface area contributed by atoms with Crippen LogP contribution in [0.3, 0.4) is 0 Å². The molecule has 0 saturated carbocycles. The lowest BCUT2D eigenvalue weighted by Gasteiger charge is -2.15. The zero-order chi connectivity index (χ0) is 11.7. The van der Waals surface area contributed by atoms with Crippen LogP contribution < -0.4 is 0 Å². The quantitative estimate of drug-likeness (QED) is 0.680. The largest absolute Gasteiger partial charge is 0.301 e. The third-order valence-corrected chi connectivity index (χ3v) is 2.79. The third-order valence-electron chi connectivity index (χ3n) is 1.93. The number of rotatable bonds is 5. The molecule has 0 aliphatic rings. The zero-order valence-electron chi connectivity index (χ0n) is 10.4. The average molecular weight is 225 g/mol. The van der Waals surface area contributed by atoms with E-state index >= 15 is 0 Å². The first-order valence-corrected chi connectivity index (χ1v) is 6.42. The fraction of sp³-hybridized carbons (Fsp3) is 0.538. The van der Waals surface area contributed by atoms with Crippen molar-refractivity contribution >= 4 is 11.3 Å². The topological polar surface area (TPSA) is 3.24 Å². The smallest absolute Gasteiger partial charge is 0.0324 e. The first-order valence-electron chi connectivity index (χ1n) is 5.54. The van der Waals surface area contributed by atoms with Gasteiger partial charge < -0.3 is 4.90 Å². The summed E-state index contributed by atoms with van der Waals surface area (Å²) < 4.78 is 0. The van der Waals surface area contributed by atoms with E-state index in [1.807, 2.05) is 25.2 Å². The summed E-state index contributed by atoms with van der Waals surface area (Å²) in [5.74, 6) is 0. The van der Waals surface area contributed by atoms with Gasteiger partial charge in [-0.3, -0.25) is 0 Å². The van der Waals surface area contributed by atoms with Gasteiger partial charge in [0.1, 0.15) is 0 Å². The minimum absolute atomic E-state index is 1.06. The fourth-order valence-electron chi connectivity index (χ4n) is 1.13. The maximum absolute atomic E-state index is 3.90. The molecule has 1 rings (SSSR count). The average Bonchev–Trinajstić information content (AvgIpc) is 2.70. The lowest BCUT2D eigenvalue weighted by Crippen LogP contribution is -2.18. The molecule has 0 aliphatic carbocycles. The van der Waals surface area contributed by atoms with Gasteiger partial charge >= 0.3 is 0 Å². The van der Waals surface area contributed by atoms with Crippen LogP contribution in [0.1, 0.15) is 32.1 Å². The molecule has 0 N–H and O–H groups in total. The Morgan fingerprint density at radius 2 is 2.13 bits per heavy atom. The Morgan fingerprint density at radius 1 is 1.47 bits per heavy atom. The zero-order valence-corrected chi connectivity index (χ0v) is 11.2. The molecule has 0 aromatic carbocycles. The molecule has 0 amide bonds. The maximum Gasteiger partial charge on any atom is 0.0324 e. The van der Waals surface area contributed by atoms with Gasteiger partial charge in [-0.15, -0.1) is 17.9 Å². The van der Waals surface area contributed by atoms with Crippen LogP contribution in [0.25, 0.3) is 0 Å². The Kier molecular flexibility index (Phi) is 8.34. The van der Waals surface area contributed by atoms with Crippen molar-refractivity contribution in [3.63, 3.8) is 0 Å². The van der Waals surface area contributed by atoms with Crippen molar-refractivity contribution in [1.29, 1.82) is 0 Å². The monoisotopic (exact) mass is 225 g/mol. The summed E-state index contributed by atoms with van der Waals surface area (Å²) >= 11 is 1.82. The molecule has 0 bridgehead atoms. The maximum atomic E-state index is 3.90. The highest BCUT2D eigenvalue weighted by atomic mass is 32.1. The van der Waals surface area contributed by atoms with Crippen LogP contribution in [0.5, 0.6) is 0 Å². The molecule has 1 nitrogen and oxygen atoms in total. The first kappa shape index (κ1) is 14.4. The first-order chi connectivity index (χ1) is 7.18. The van der Waals surface area contributed by atoms with Crippen LogP contribution in [0.4, 0.5) is 0 Å². The molecule has 1 heterocycles. The molecule has 0 radical (unpaired) electrons. The predicted molar refractivity (Wildman–Crippen MR) is 71.4 cm³/mol. The minimum Gasteiger partial charge on any atom is -0.301 e. The Hall–Kier alpha value is -0.600. The van der Waals surface area contributed by atoms with Crippen LogP contribution in [0.2, 0.25) is 0 Å². The highest BCUT2D eigenvalue weighted by Crippen LogP contribution is 2.11. The summed E-state index contributed by atoms with van der Waals surface area (Å²) in [6.45, 7) is 12.1. The van der Waals surface area contributed by atoms with Gasteiger partial charge in [-0.25, -0.2) is 0 Å². The summed E-state index contributed by atoms with van der Waals surface area (Å²) in [7, 11) is 2.16. The van der Waals surface area contributed by atoms with Crippen LogP contribution in [0, 0.1) is 0 Å². The van der Waals surface area contributed by atoms with E-state index in [2.05, 4.69) is 43.0 Å². The van der Waals surface area contributed by atoms with E-state index in [9.17, 15) is 0 Å². The van der Waals surface area contributed by atoms with Gasteiger partial charge in [0.15, 0.2) is 0 Å². The molecule has 0 aliphatic heterocycles. The van der Waals surface area contributed by atoms with Crippen molar-refractivity contribution in [2.75, 3.05) is 13.6 Å². The number of nitrogens with zero attached hydrogens (tertiary/aromatic N) is 1. The van der Waals surface area contributed by atoms with Crippen molar-refractivity contribution in [3.05, 3.63) is 34.5 Å². The van der Waals surface area contributed by atoms with Crippen molar-refractivity contribution in [2.45, 2.75) is 33.7 Å².